The number of amides is 1. The normalized spacial score (nSPS) is 17.7. The fourth-order valence-electron chi connectivity index (χ4n) is 2.09. The molecular weight excluding hydrogens is 380 g/mol. The molecule has 0 bridgehead atoms. The minimum atomic E-state index is -4.26. The van der Waals surface area contributed by atoms with Crippen molar-refractivity contribution in [2.45, 2.75) is 22.3 Å². The summed E-state index contributed by atoms with van der Waals surface area (Å²) in [5.41, 5.74) is 5.55. The second kappa shape index (κ2) is 6.32. The summed E-state index contributed by atoms with van der Waals surface area (Å²) < 4.78 is 49.4. The highest BCUT2D eigenvalue weighted by Crippen LogP contribution is 2.35. The first kappa shape index (κ1) is 18.7. The lowest BCUT2D eigenvalue weighted by Gasteiger charge is -2.31. The van der Waals surface area contributed by atoms with Crippen molar-refractivity contribution >= 4 is 43.2 Å². The van der Waals surface area contributed by atoms with Crippen LogP contribution >= 0.6 is 11.6 Å². The van der Waals surface area contributed by atoms with Crippen LogP contribution in [-0.2, 0) is 24.8 Å². The van der Waals surface area contributed by atoms with Crippen LogP contribution in [0.15, 0.2) is 21.9 Å². The number of hydrogen-bond acceptors (Lipinski definition) is 6. The molecule has 5 N–H and O–H groups in total. The van der Waals surface area contributed by atoms with Crippen LogP contribution in [-0.4, -0.2) is 35.5 Å². The number of primary sulfonamides is 1. The highest BCUT2D eigenvalue weighted by molar-refractivity contribution is 7.90. The standard InChI is InChI=1S/C12H13ClN4O5S2/c1-2-3-8(14)12(18)17-6-16-24(21,22)11-5-10(23(15,19)20)7(13)4-9(11)17/h1,4-5,8,16H,3,6,14H2,(H2,15,19,20)/t8-/m1/s1. The van der Waals surface area contributed by atoms with E-state index in [1.807, 2.05) is 0 Å². The minimum Gasteiger partial charge on any atom is -0.319 e. The number of rotatable bonds is 3. The maximum atomic E-state index is 12.3. The van der Waals surface area contributed by atoms with Crippen molar-refractivity contribution in [3.05, 3.63) is 17.2 Å². The first-order valence-electron chi connectivity index (χ1n) is 6.35. The molecule has 9 nitrogen and oxygen atoms in total. The quantitative estimate of drug-likeness (QED) is 0.556. The van der Waals surface area contributed by atoms with E-state index in [1.54, 1.807) is 0 Å². The van der Waals surface area contributed by atoms with E-state index in [2.05, 4.69) is 10.6 Å². The Morgan fingerprint density at radius 1 is 1.50 bits per heavy atom. The molecule has 24 heavy (non-hydrogen) atoms. The summed E-state index contributed by atoms with van der Waals surface area (Å²) in [6.07, 6.45) is 5.06. The van der Waals surface area contributed by atoms with Gasteiger partial charge in [0.2, 0.25) is 26.0 Å². The fraction of sp³-hybridized carbons (Fsp3) is 0.250. The van der Waals surface area contributed by atoms with Crippen LogP contribution in [0.5, 0.6) is 0 Å². The zero-order valence-corrected chi connectivity index (χ0v) is 14.5. The molecule has 130 valence electrons. The SMILES string of the molecule is C#CC[C@@H](N)C(=O)N1CNS(=O)(=O)c2cc(S(N)(=O)=O)c(Cl)cc21. The van der Waals surface area contributed by atoms with E-state index < -0.39 is 48.5 Å². The van der Waals surface area contributed by atoms with E-state index in [4.69, 9.17) is 28.9 Å². The summed E-state index contributed by atoms with van der Waals surface area (Å²) in [7, 11) is -8.31. The smallest absolute Gasteiger partial charge is 0.246 e. The van der Waals surface area contributed by atoms with Crippen LogP contribution in [0.4, 0.5) is 5.69 Å². The van der Waals surface area contributed by atoms with E-state index in [0.717, 1.165) is 17.0 Å². The average molecular weight is 393 g/mol. The van der Waals surface area contributed by atoms with Crippen LogP contribution in [0.2, 0.25) is 5.02 Å². The molecule has 1 aromatic carbocycles. The first-order valence-corrected chi connectivity index (χ1v) is 9.76. The lowest BCUT2D eigenvalue weighted by Crippen LogP contribution is -2.51. The molecule has 1 heterocycles. The molecule has 0 saturated heterocycles. The molecule has 12 heteroatoms. The van der Waals surface area contributed by atoms with Gasteiger partial charge in [-0.3, -0.25) is 9.69 Å². The Bertz CT molecular complexity index is 952. The third-order valence-corrected chi connectivity index (χ3v) is 6.02. The van der Waals surface area contributed by atoms with Gasteiger partial charge in [0.05, 0.1) is 23.4 Å². The fourth-order valence-corrected chi connectivity index (χ4v) is 4.43. The molecule has 1 amide bonds. The van der Waals surface area contributed by atoms with Gasteiger partial charge in [-0.1, -0.05) is 11.6 Å². The number of fused-ring (bicyclic) bond motifs is 1. The van der Waals surface area contributed by atoms with E-state index >= 15 is 0 Å². The molecule has 1 atom stereocenters. The van der Waals surface area contributed by atoms with E-state index in [-0.39, 0.29) is 17.1 Å². The zero-order valence-electron chi connectivity index (χ0n) is 12.1. The van der Waals surface area contributed by atoms with Crippen LogP contribution in [0.1, 0.15) is 6.42 Å². The summed E-state index contributed by atoms with van der Waals surface area (Å²) in [6.45, 7) is -0.391. The summed E-state index contributed by atoms with van der Waals surface area (Å²) >= 11 is 5.87. The van der Waals surface area contributed by atoms with Gasteiger partial charge < -0.3 is 5.73 Å². The number of nitrogens with zero attached hydrogens (tertiary/aromatic N) is 1. The molecule has 0 aromatic heterocycles. The average Bonchev–Trinajstić information content (AvgIpc) is 2.45. The third-order valence-electron chi connectivity index (χ3n) is 3.23. The van der Waals surface area contributed by atoms with Gasteiger partial charge in [0, 0.05) is 6.42 Å². The molecule has 1 aliphatic rings. The number of hydrogen-bond donors (Lipinski definition) is 3. The van der Waals surface area contributed by atoms with Gasteiger partial charge in [0.1, 0.15) is 9.79 Å². The topological polar surface area (TPSA) is 153 Å². The predicted molar refractivity (Wildman–Crippen MR) is 86.9 cm³/mol. The molecule has 0 saturated carbocycles. The van der Waals surface area contributed by atoms with Gasteiger partial charge >= 0.3 is 0 Å². The number of anilines is 1. The van der Waals surface area contributed by atoms with Crippen molar-refractivity contribution < 1.29 is 21.6 Å². The monoisotopic (exact) mass is 392 g/mol. The molecular formula is C12H13ClN4O5S2. The van der Waals surface area contributed by atoms with Crippen molar-refractivity contribution in [1.82, 2.24) is 4.72 Å². The number of carbonyl (C=O) groups excluding carboxylic acids is 1. The van der Waals surface area contributed by atoms with Crippen molar-refractivity contribution in [1.29, 1.82) is 0 Å². The van der Waals surface area contributed by atoms with Crippen LogP contribution in [0.25, 0.3) is 0 Å². The largest absolute Gasteiger partial charge is 0.319 e. The van der Waals surface area contributed by atoms with Crippen LogP contribution in [0.3, 0.4) is 0 Å². The molecule has 2 rings (SSSR count). The first-order chi connectivity index (χ1) is 11.0. The Balaban J connectivity index is 2.66. The number of nitrogens with two attached hydrogens (primary N) is 2. The lowest BCUT2D eigenvalue weighted by atomic mass is 10.2. The molecule has 1 aliphatic heterocycles. The van der Waals surface area contributed by atoms with Crippen molar-refractivity contribution in [2.24, 2.45) is 10.9 Å². The van der Waals surface area contributed by atoms with Gasteiger partial charge in [-0.25, -0.2) is 22.0 Å². The number of carbonyl (C=O) groups is 1. The van der Waals surface area contributed by atoms with E-state index in [0.29, 0.717) is 0 Å². The third kappa shape index (κ3) is 3.39. The number of terminal acetylenes is 1. The number of benzene rings is 1. The Kier molecular flexibility index (Phi) is 4.91. The Morgan fingerprint density at radius 2 is 2.12 bits per heavy atom. The Morgan fingerprint density at radius 3 is 2.67 bits per heavy atom. The Hall–Kier alpha value is -1.68. The second-order valence-corrected chi connectivity index (χ2v) is 8.55. The maximum Gasteiger partial charge on any atom is 0.246 e. The van der Waals surface area contributed by atoms with Crippen molar-refractivity contribution in [3.63, 3.8) is 0 Å². The highest BCUT2D eigenvalue weighted by atomic mass is 35.5. The lowest BCUT2D eigenvalue weighted by molar-refractivity contribution is -0.119. The Labute approximate surface area is 144 Å². The van der Waals surface area contributed by atoms with E-state index in [1.165, 1.54) is 0 Å². The van der Waals surface area contributed by atoms with E-state index in [9.17, 15) is 21.6 Å². The molecule has 0 unspecified atom stereocenters. The molecule has 1 aromatic rings. The maximum absolute atomic E-state index is 12.3. The van der Waals surface area contributed by atoms with Crippen molar-refractivity contribution in [3.8, 4) is 12.3 Å². The highest BCUT2D eigenvalue weighted by Gasteiger charge is 2.35. The molecule has 0 spiro atoms. The van der Waals surface area contributed by atoms with Gasteiger partial charge in [-0.15, -0.1) is 12.3 Å². The number of halogens is 1. The van der Waals surface area contributed by atoms with Gasteiger partial charge in [-0.05, 0) is 12.1 Å². The molecule has 0 fully saturated rings. The summed E-state index contributed by atoms with van der Waals surface area (Å²) in [6, 6.07) is 0.777. The molecule has 0 radical (unpaired) electrons. The summed E-state index contributed by atoms with van der Waals surface area (Å²) in [4.78, 5) is 12.3. The van der Waals surface area contributed by atoms with Gasteiger partial charge in [-0.2, -0.15) is 4.72 Å². The molecule has 0 aliphatic carbocycles. The predicted octanol–water partition coefficient (Wildman–Crippen LogP) is -1.08. The summed E-state index contributed by atoms with van der Waals surface area (Å²) in [5.74, 6) is 1.59. The van der Waals surface area contributed by atoms with Crippen molar-refractivity contribution in [2.75, 3.05) is 11.6 Å². The number of nitrogens with one attached hydrogen (secondary N) is 1. The van der Waals surface area contributed by atoms with Gasteiger partial charge in [0.15, 0.2) is 0 Å². The van der Waals surface area contributed by atoms with Crippen LogP contribution in [0, 0.1) is 12.3 Å². The van der Waals surface area contributed by atoms with Crippen LogP contribution < -0.4 is 20.5 Å². The minimum absolute atomic E-state index is 0.0551. The zero-order chi connectivity index (χ0) is 18.3. The number of sulfonamides is 2. The summed E-state index contributed by atoms with van der Waals surface area (Å²) in [5, 5.41) is 4.69. The van der Waals surface area contributed by atoms with Gasteiger partial charge in [0.25, 0.3) is 0 Å². The second-order valence-electron chi connectivity index (χ2n) is 4.88.